The summed E-state index contributed by atoms with van der Waals surface area (Å²) >= 11 is 0. The lowest BCUT2D eigenvalue weighted by Crippen LogP contribution is -1.94. The van der Waals surface area contributed by atoms with Gasteiger partial charge in [0.2, 0.25) is 0 Å². The van der Waals surface area contributed by atoms with E-state index in [2.05, 4.69) is 4.98 Å². The Hall–Kier alpha value is -1.12. The van der Waals surface area contributed by atoms with Crippen LogP contribution in [-0.4, -0.2) is 15.8 Å². The number of aryl methyl sites for hydroxylation is 2. The van der Waals surface area contributed by atoms with Gasteiger partial charge < -0.3 is 9.98 Å². The van der Waals surface area contributed by atoms with E-state index in [0.29, 0.717) is 0 Å². The summed E-state index contributed by atoms with van der Waals surface area (Å²) in [4.78, 5) is 3.96. The number of aromatic nitrogens is 2. The van der Waals surface area contributed by atoms with Crippen molar-refractivity contribution in [2.24, 2.45) is 7.05 Å². The highest BCUT2D eigenvalue weighted by Gasteiger charge is 1.94. The first kappa shape index (κ1) is 6.99. The van der Waals surface area contributed by atoms with Crippen molar-refractivity contribution in [2.45, 2.75) is 12.8 Å². The molecule has 0 atom stereocenters. The van der Waals surface area contributed by atoms with Gasteiger partial charge in [-0.2, -0.15) is 0 Å². The van der Waals surface area contributed by atoms with E-state index in [1.807, 2.05) is 17.8 Å². The lowest BCUT2D eigenvalue weighted by atomic mass is 10.2. The Kier molecular flexibility index (Phi) is 2.20. The number of hydrogen-bond acceptors (Lipinski definition) is 2. The van der Waals surface area contributed by atoms with Gasteiger partial charge in [-0.25, -0.2) is 4.98 Å². The van der Waals surface area contributed by atoms with Gasteiger partial charge >= 0.3 is 0 Å². The Bertz CT molecular complexity index is 214. The number of rotatable bonds is 3. The van der Waals surface area contributed by atoms with Crippen molar-refractivity contribution < 1.29 is 0 Å². The maximum Gasteiger partial charge on any atom is 0.0945 e. The van der Waals surface area contributed by atoms with Gasteiger partial charge in [-0.15, -0.1) is 0 Å². The van der Waals surface area contributed by atoms with Crippen molar-refractivity contribution in [3.05, 3.63) is 18.2 Å². The number of hydrogen-bond donors (Lipinski definition) is 1. The molecule has 1 heterocycles. The molecule has 0 aliphatic carbocycles. The molecule has 0 saturated carbocycles. The molecule has 0 spiro atoms. The standard InChI is InChI=1S/C7H11N3/c1-10-6-9-5-7(10)3-2-4-8/h4-6,8H,2-3H2,1H3. The van der Waals surface area contributed by atoms with Crippen molar-refractivity contribution in [2.75, 3.05) is 0 Å². The summed E-state index contributed by atoms with van der Waals surface area (Å²) in [6, 6.07) is 0. The molecule has 0 aromatic carbocycles. The van der Waals surface area contributed by atoms with E-state index in [1.54, 1.807) is 6.33 Å². The molecule has 3 heteroatoms. The van der Waals surface area contributed by atoms with Gasteiger partial charge in [0.25, 0.3) is 0 Å². The lowest BCUT2D eigenvalue weighted by molar-refractivity contribution is 0.818. The summed E-state index contributed by atoms with van der Waals surface area (Å²) in [5, 5.41) is 6.82. The molecule has 0 bridgehead atoms. The quantitative estimate of drug-likeness (QED) is 0.620. The third-order valence-electron chi connectivity index (χ3n) is 1.46. The van der Waals surface area contributed by atoms with Crippen LogP contribution in [0.15, 0.2) is 12.5 Å². The van der Waals surface area contributed by atoms with Gasteiger partial charge in [-0.1, -0.05) is 0 Å². The van der Waals surface area contributed by atoms with E-state index in [4.69, 9.17) is 5.41 Å². The maximum atomic E-state index is 6.82. The van der Waals surface area contributed by atoms with E-state index >= 15 is 0 Å². The Morgan fingerprint density at radius 2 is 2.60 bits per heavy atom. The minimum absolute atomic E-state index is 0.805. The third-order valence-corrected chi connectivity index (χ3v) is 1.46. The Balaban J connectivity index is 2.56. The summed E-state index contributed by atoms with van der Waals surface area (Å²) in [6.45, 7) is 0. The second kappa shape index (κ2) is 3.15. The monoisotopic (exact) mass is 137 g/mol. The van der Waals surface area contributed by atoms with Crippen LogP contribution in [0.2, 0.25) is 0 Å². The van der Waals surface area contributed by atoms with Gasteiger partial charge in [-0.05, 0) is 19.1 Å². The summed E-state index contributed by atoms with van der Waals surface area (Å²) in [7, 11) is 1.96. The third kappa shape index (κ3) is 1.43. The van der Waals surface area contributed by atoms with Crippen molar-refractivity contribution in [3.63, 3.8) is 0 Å². The summed E-state index contributed by atoms with van der Waals surface area (Å²) < 4.78 is 1.98. The first-order chi connectivity index (χ1) is 4.84. The molecule has 3 nitrogen and oxygen atoms in total. The van der Waals surface area contributed by atoms with Gasteiger partial charge in [0.15, 0.2) is 0 Å². The first-order valence-corrected chi connectivity index (χ1v) is 3.28. The smallest absolute Gasteiger partial charge is 0.0945 e. The average Bonchev–Trinajstić information content (AvgIpc) is 2.31. The molecule has 0 amide bonds. The molecule has 1 N–H and O–H groups in total. The van der Waals surface area contributed by atoms with Crippen molar-refractivity contribution in [3.8, 4) is 0 Å². The maximum absolute atomic E-state index is 6.82. The SMILES string of the molecule is Cn1cncc1CCC=N. The van der Waals surface area contributed by atoms with E-state index in [-0.39, 0.29) is 0 Å². The summed E-state index contributed by atoms with van der Waals surface area (Å²) in [5.74, 6) is 0. The summed E-state index contributed by atoms with van der Waals surface area (Å²) in [6.07, 6.45) is 6.76. The van der Waals surface area contributed by atoms with Gasteiger partial charge in [0.1, 0.15) is 0 Å². The zero-order valence-electron chi connectivity index (χ0n) is 6.04. The molecule has 0 saturated heterocycles. The largest absolute Gasteiger partial charge is 0.338 e. The molecular formula is C7H11N3. The molecule has 0 aliphatic heterocycles. The number of nitrogens with zero attached hydrogens (tertiary/aromatic N) is 2. The highest BCUT2D eigenvalue weighted by Crippen LogP contribution is 1.98. The number of imidazole rings is 1. The molecule has 0 fully saturated rings. The van der Waals surface area contributed by atoms with Crippen molar-refractivity contribution in [1.82, 2.24) is 9.55 Å². The van der Waals surface area contributed by atoms with Crippen LogP contribution in [0, 0.1) is 5.41 Å². The highest BCUT2D eigenvalue weighted by molar-refractivity contribution is 5.53. The Morgan fingerprint density at radius 3 is 3.10 bits per heavy atom. The van der Waals surface area contributed by atoms with E-state index in [0.717, 1.165) is 12.8 Å². The Labute approximate surface area is 60.2 Å². The molecule has 10 heavy (non-hydrogen) atoms. The molecule has 1 aromatic rings. The van der Waals surface area contributed by atoms with Crippen molar-refractivity contribution >= 4 is 6.21 Å². The molecule has 54 valence electrons. The fourth-order valence-corrected chi connectivity index (χ4v) is 0.846. The van der Waals surface area contributed by atoms with Crippen LogP contribution in [-0.2, 0) is 13.5 Å². The van der Waals surface area contributed by atoms with Crippen LogP contribution in [0.1, 0.15) is 12.1 Å². The fourth-order valence-electron chi connectivity index (χ4n) is 0.846. The predicted molar refractivity (Wildman–Crippen MR) is 40.3 cm³/mol. The normalized spacial score (nSPS) is 9.70. The van der Waals surface area contributed by atoms with Crippen molar-refractivity contribution in [1.29, 1.82) is 5.41 Å². The molecule has 1 rings (SSSR count). The minimum atomic E-state index is 0.805. The second-order valence-corrected chi connectivity index (χ2v) is 2.24. The second-order valence-electron chi connectivity index (χ2n) is 2.24. The lowest BCUT2D eigenvalue weighted by Gasteiger charge is -1.96. The molecule has 0 aliphatic rings. The first-order valence-electron chi connectivity index (χ1n) is 3.28. The molecule has 0 unspecified atom stereocenters. The summed E-state index contributed by atoms with van der Waals surface area (Å²) in [5.41, 5.74) is 1.18. The molecule has 0 radical (unpaired) electrons. The van der Waals surface area contributed by atoms with Crippen LogP contribution >= 0.6 is 0 Å². The van der Waals surface area contributed by atoms with E-state index < -0.39 is 0 Å². The predicted octanol–water partition coefficient (Wildman–Crippen LogP) is 1.00. The fraction of sp³-hybridized carbons (Fsp3) is 0.429. The van der Waals surface area contributed by atoms with E-state index in [1.165, 1.54) is 11.9 Å². The van der Waals surface area contributed by atoms with Crippen LogP contribution in [0.5, 0.6) is 0 Å². The topological polar surface area (TPSA) is 41.7 Å². The zero-order chi connectivity index (χ0) is 7.40. The molecular weight excluding hydrogens is 126 g/mol. The molecule has 1 aromatic heterocycles. The van der Waals surface area contributed by atoms with Crippen LogP contribution < -0.4 is 0 Å². The highest BCUT2D eigenvalue weighted by atomic mass is 15.0. The van der Waals surface area contributed by atoms with E-state index in [9.17, 15) is 0 Å². The van der Waals surface area contributed by atoms with Gasteiger partial charge in [0, 0.05) is 18.9 Å². The average molecular weight is 137 g/mol. The van der Waals surface area contributed by atoms with Gasteiger partial charge in [-0.3, -0.25) is 0 Å². The zero-order valence-corrected chi connectivity index (χ0v) is 6.04. The van der Waals surface area contributed by atoms with Gasteiger partial charge in [0.05, 0.1) is 6.33 Å². The number of nitrogens with one attached hydrogen (secondary N) is 1. The minimum Gasteiger partial charge on any atom is -0.338 e. The van der Waals surface area contributed by atoms with Crippen LogP contribution in [0.3, 0.4) is 0 Å². The van der Waals surface area contributed by atoms with Crippen LogP contribution in [0.25, 0.3) is 0 Å². The van der Waals surface area contributed by atoms with Crippen LogP contribution in [0.4, 0.5) is 0 Å². The Morgan fingerprint density at radius 1 is 1.80 bits per heavy atom.